The van der Waals surface area contributed by atoms with E-state index in [4.69, 9.17) is 0 Å². The van der Waals surface area contributed by atoms with E-state index in [0.29, 0.717) is 0 Å². The molecule has 0 rings (SSSR count). The Labute approximate surface area is 156 Å². The van der Waals surface area contributed by atoms with Gasteiger partial charge in [-0.25, -0.2) is 8.78 Å². The summed E-state index contributed by atoms with van der Waals surface area (Å²) in [6, 6.07) is 0. The second kappa shape index (κ2) is 8.93. The minimum absolute atomic E-state index is 2.67. The van der Waals surface area contributed by atoms with Crippen molar-refractivity contribution < 1.29 is 83.8 Å². The molecule has 0 aliphatic carbocycles. The topological polar surface area (TPSA) is 9.23 Å². The highest BCUT2D eigenvalue weighted by molar-refractivity contribution is 5.34. The molecule has 0 unspecified atom stereocenters. The molecular formula is C12F18O. The summed E-state index contributed by atoms with van der Waals surface area (Å²) in [4.78, 5) is 0. The van der Waals surface area contributed by atoms with Crippen LogP contribution in [-0.4, -0.2) is 24.2 Å². The first-order valence-electron chi connectivity index (χ1n) is 6.31. The average Bonchev–Trinajstić information content (AvgIpc) is 2.57. The van der Waals surface area contributed by atoms with Crippen LogP contribution < -0.4 is 0 Å². The summed E-state index contributed by atoms with van der Waals surface area (Å²) < 4.78 is 227. The third-order valence-corrected chi connectivity index (χ3v) is 2.59. The Morgan fingerprint density at radius 1 is 0.419 bits per heavy atom. The molecule has 0 atom stereocenters. The van der Waals surface area contributed by atoms with E-state index >= 15 is 0 Å². The van der Waals surface area contributed by atoms with Gasteiger partial charge in [0.05, 0.1) is 0 Å². The third kappa shape index (κ3) is 5.81. The molecule has 0 fully saturated rings. The van der Waals surface area contributed by atoms with Crippen LogP contribution in [0, 0.1) is 0 Å². The second-order valence-electron chi connectivity index (χ2n) is 4.68. The first-order valence-corrected chi connectivity index (χ1v) is 6.31. The lowest BCUT2D eigenvalue weighted by atomic mass is 10.2. The number of hydrogen-bond acceptors (Lipinski definition) is 1. The molecule has 31 heavy (non-hydrogen) atoms. The Balaban J connectivity index is 6.70. The number of rotatable bonds is 6. The Kier molecular flexibility index (Phi) is 8.21. The molecule has 0 spiro atoms. The molecule has 180 valence electrons. The van der Waals surface area contributed by atoms with E-state index < -0.39 is 71.2 Å². The quantitative estimate of drug-likeness (QED) is 0.204. The van der Waals surface area contributed by atoms with Gasteiger partial charge in [0.15, 0.2) is 0 Å². The third-order valence-electron chi connectivity index (χ3n) is 2.59. The van der Waals surface area contributed by atoms with Crippen LogP contribution in [0.15, 0.2) is 47.0 Å². The summed E-state index contributed by atoms with van der Waals surface area (Å²) in [6.07, 6.45) is -22.4. The average molecular weight is 502 g/mol. The van der Waals surface area contributed by atoms with Gasteiger partial charge in [0.1, 0.15) is 0 Å². The van der Waals surface area contributed by atoms with Crippen LogP contribution in [0.1, 0.15) is 0 Å². The smallest absolute Gasteiger partial charge is 0.440 e. The number of ether oxygens (including phenoxy) is 1. The Bertz CT molecular complexity index is 743. The highest BCUT2D eigenvalue weighted by Crippen LogP contribution is 2.47. The van der Waals surface area contributed by atoms with Gasteiger partial charge in [0.25, 0.3) is 0 Å². The maximum Gasteiger partial charge on any atom is 0.460 e. The fourth-order valence-electron chi connectivity index (χ4n) is 1.16. The molecule has 0 saturated carbocycles. The minimum Gasteiger partial charge on any atom is -0.440 e. The lowest BCUT2D eigenvalue weighted by molar-refractivity contribution is -0.271. The van der Waals surface area contributed by atoms with E-state index in [-0.39, 0.29) is 0 Å². The molecule has 1 nitrogen and oxygen atoms in total. The van der Waals surface area contributed by atoms with Crippen molar-refractivity contribution in [3.63, 3.8) is 0 Å². The van der Waals surface area contributed by atoms with Crippen LogP contribution in [0.2, 0.25) is 0 Å². The van der Waals surface area contributed by atoms with E-state index in [2.05, 4.69) is 4.74 Å². The van der Waals surface area contributed by atoms with Crippen molar-refractivity contribution in [2.45, 2.75) is 24.2 Å². The molecule has 0 aliphatic heterocycles. The van der Waals surface area contributed by atoms with Gasteiger partial charge >= 0.3 is 36.4 Å². The molecular weight excluding hydrogens is 502 g/mol. The Morgan fingerprint density at radius 3 is 0.806 bits per heavy atom. The fraction of sp³-hybridized carbons (Fsp3) is 0.333. The summed E-state index contributed by atoms with van der Waals surface area (Å²) in [5.41, 5.74) is 0. The van der Waals surface area contributed by atoms with Crippen LogP contribution in [-0.2, 0) is 4.74 Å². The summed E-state index contributed by atoms with van der Waals surface area (Å²) in [6.45, 7) is 0. The SMILES string of the molecule is FC(F)=C(OC(=C(F)F)C(F)=C(F)C(F)(F)C(F)(F)F)C(F)=C(F)C(F)(F)C(F)(F)F. The molecule has 0 aromatic heterocycles. The molecule has 0 bridgehead atoms. The summed E-state index contributed by atoms with van der Waals surface area (Å²) in [5.74, 6) is -38.8. The number of halogens is 18. The highest BCUT2D eigenvalue weighted by Gasteiger charge is 2.64. The van der Waals surface area contributed by atoms with Gasteiger partial charge in [-0.1, -0.05) is 0 Å². The predicted octanol–water partition coefficient (Wildman–Crippen LogP) is 7.92. The maximum absolute atomic E-state index is 13.3. The molecule has 0 amide bonds. The van der Waals surface area contributed by atoms with E-state index in [1.54, 1.807) is 0 Å². The van der Waals surface area contributed by atoms with Gasteiger partial charge in [0.2, 0.25) is 34.8 Å². The second-order valence-corrected chi connectivity index (χ2v) is 4.68. The highest BCUT2D eigenvalue weighted by atomic mass is 19.4. The zero-order valence-electron chi connectivity index (χ0n) is 13.2. The lowest BCUT2D eigenvalue weighted by Crippen LogP contribution is -2.38. The molecule has 0 saturated heterocycles. The largest absolute Gasteiger partial charge is 0.460 e. The van der Waals surface area contributed by atoms with Crippen LogP contribution in [0.25, 0.3) is 0 Å². The molecule has 0 aliphatic rings. The van der Waals surface area contributed by atoms with Gasteiger partial charge < -0.3 is 4.74 Å². The van der Waals surface area contributed by atoms with Gasteiger partial charge in [-0.15, -0.1) is 0 Å². The van der Waals surface area contributed by atoms with Crippen molar-refractivity contribution in [1.29, 1.82) is 0 Å². The lowest BCUT2D eigenvalue weighted by Gasteiger charge is -2.20. The molecule has 19 heteroatoms. The zero-order valence-corrected chi connectivity index (χ0v) is 13.2. The molecule has 0 N–H and O–H groups in total. The molecule has 0 radical (unpaired) electrons. The van der Waals surface area contributed by atoms with Crippen molar-refractivity contribution in [2.75, 3.05) is 0 Å². The zero-order chi connectivity index (χ0) is 25.3. The predicted molar refractivity (Wildman–Crippen MR) is 60.1 cm³/mol. The van der Waals surface area contributed by atoms with Crippen LogP contribution >= 0.6 is 0 Å². The first-order chi connectivity index (χ1) is 13.5. The normalized spacial score (nSPS) is 15.2. The van der Waals surface area contributed by atoms with Crippen LogP contribution in [0.3, 0.4) is 0 Å². The van der Waals surface area contributed by atoms with Crippen molar-refractivity contribution in [1.82, 2.24) is 0 Å². The number of alkyl halides is 10. The summed E-state index contributed by atoms with van der Waals surface area (Å²) >= 11 is 0. The van der Waals surface area contributed by atoms with Crippen molar-refractivity contribution in [2.24, 2.45) is 0 Å². The Hall–Kier alpha value is -2.50. The van der Waals surface area contributed by atoms with Crippen molar-refractivity contribution >= 4 is 0 Å². The van der Waals surface area contributed by atoms with E-state index in [1.807, 2.05) is 0 Å². The monoisotopic (exact) mass is 502 g/mol. The van der Waals surface area contributed by atoms with E-state index in [0.717, 1.165) is 0 Å². The van der Waals surface area contributed by atoms with Crippen LogP contribution in [0.5, 0.6) is 0 Å². The molecule has 0 heterocycles. The van der Waals surface area contributed by atoms with Crippen molar-refractivity contribution in [3.05, 3.63) is 47.0 Å². The molecule has 0 aromatic rings. The van der Waals surface area contributed by atoms with Gasteiger partial charge in [-0.3, -0.25) is 0 Å². The minimum atomic E-state index is -7.04. The summed E-state index contributed by atoms with van der Waals surface area (Å²) in [7, 11) is 0. The molecule has 0 aromatic carbocycles. The van der Waals surface area contributed by atoms with Gasteiger partial charge in [-0.2, -0.15) is 70.2 Å². The van der Waals surface area contributed by atoms with Gasteiger partial charge in [-0.05, 0) is 0 Å². The Morgan fingerprint density at radius 2 is 0.645 bits per heavy atom. The van der Waals surface area contributed by atoms with E-state index in [1.165, 1.54) is 0 Å². The maximum atomic E-state index is 13.3. The van der Waals surface area contributed by atoms with Crippen molar-refractivity contribution in [3.8, 4) is 0 Å². The number of hydrogen-bond donors (Lipinski definition) is 0. The van der Waals surface area contributed by atoms with Gasteiger partial charge in [0, 0.05) is 0 Å². The fourth-order valence-corrected chi connectivity index (χ4v) is 1.16. The van der Waals surface area contributed by atoms with Crippen LogP contribution in [0.4, 0.5) is 79.0 Å². The standard InChI is InChI=1S/C12F18O/c13-1(5(15)9(21,22)11(25,26)27)3(7(17)18)31-4(8(19)20)2(14)6(16)10(23,24)12(28,29)30. The van der Waals surface area contributed by atoms with E-state index in [9.17, 15) is 79.0 Å². The first kappa shape index (κ1) is 28.5. The summed E-state index contributed by atoms with van der Waals surface area (Å²) in [5, 5.41) is 0. The number of allylic oxidation sites excluding steroid dienone is 4.